The Morgan fingerprint density at radius 3 is 2.52 bits per heavy atom. The van der Waals surface area contributed by atoms with E-state index in [1.807, 2.05) is 26.1 Å². The minimum absolute atomic E-state index is 0.00714. The molecule has 0 saturated heterocycles. The zero-order valence-electron chi connectivity index (χ0n) is 14.5. The summed E-state index contributed by atoms with van der Waals surface area (Å²) in [5, 5.41) is 13.4. The standard InChI is InChI=1S/C18H21N3O4/c1-13-4-9-17(25-3)14(10-13)11-20(2)12-18(22)19-15-5-7-16(8-6-15)21(23)24/h4-10H,11-12H2,1-3H3,(H,19,22)/p+1. The van der Waals surface area contributed by atoms with Gasteiger partial charge in [0.1, 0.15) is 12.3 Å². The summed E-state index contributed by atoms with van der Waals surface area (Å²) in [4.78, 5) is 23.3. The lowest BCUT2D eigenvalue weighted by atomic mass is 10.1. The van der Waals surface area contributed by atoms with Crippen molar-refractivity contribution in [3.05, 3.63) is 63.7 Å². The number of rotatable bonds is 7. The van der Waals surface area contributed by atoms with E-state index < -0.39 is 4.92 Å². The van der Waals surface area contributed by atoms with Gasteiger partial charge in [-0.2, -0.15) is 0 Å². The lowest BCUT2D eigenvalue weighted by Crippen LogP contribution is -3.08. The number of carbonyl (C=O) groups excluding carboxylic acids is 1. The van der Waals surface area contributed by atoms with Gasteiger partial charge in [0, 0.05) is 23.4 Å². The van der Waals surface area contributed by atoms with Gasteiger partial charge >= 0.3 is 0 Å². The van der Waals surface area contributed by atoms with Crippen LogP contribution in [0.2, 0.25) is 0 Å². The quantitative estimate of drug-likeness (QED) is 0.590. The number of ether oxygens (including phenoxy) is 1. The summed E-state index contributed by atoms with van der Waals surface area (Å²) in [6.45, 7) is 2.94. The van der Waals surface area contributed by atoms with Crippen LogP contribution in [0.3, 0.4) is 0 Å². The summed E-state index contributed by atoms with van der Waals surface area (Å²) in [5.41, 5.74) is 2.71. The molecule has 2 rings (SSSR count). The van der Waals surface area contributed by atoms with Gasteiger partial charge < -0.3 is 15.0 Å². The second-order valence-electron chi connectivity index (χ2n) is 5.98. The maximum Gasteiger partial charge on any atom is 0.279 e. The lowest BCUT2D eigenvalue weighted by Gasteiger charge is -2.16. The van der Waals surface area contributed by atoms with Gasteiger partial charge in [-0.1, -0.05) is 11.6 Å². The second kappa shape index (κ2) is 8.25. The Morgan fingerprint density at radius 1 is 1.24 bits per heavy atom. The van der Waals surface area contributed by atoms with E-state index in [4.69, 9.17) is 4.74 Å². The van der Waals surface area contributed by atoms with E-state index in [9.17, 15) is 14.9 Å². The van der Waals surface area contributed by atoms with E-state index in [0.717, 1.165) is 21.8 Å². The molecule has 0 fully saturated rings. The van der Waals surface area contributed by atoms with E-state index in [1.165, 1.54) is 24.3 Å². The summed E-state index contributed by atoms with van der Waals surface area (Å²) >= 11 is 0. The zero-order chi connectivity index (χ0) is 18.4. The molecule has 7 nitrogen and oxygen atoms in total. The van der Waals surface area contributed by atoms with Crippen LogP contribution in [-0.2, 0) is 11.3 Å². The summed E-state index contributed by atoms with van der Waals surface area (Å²) in [6.07, 6.45) is 0. The van der Waals surface area contributed by atoms with Gasteiger partial charge in [0.2, 0.25) is 0 Å². The smallest absolute Gasteiger partial charge is 0.279 e. The molecule has 0 bridgehead atoms. The first kappa shape index (κ1) is 18.4. The number of benzene rings is 2. The van der Waals surface area contributed by atoms with Crippen LogP contribution in [-0.4, -0.2) is 31.5 Å². The van der Waals surface area contributed by atoms with Gasteiger partial charge in [0.15, 0.2) is 6.54 Å². The fraction of sp³-hybridized carbons (Fsp3) is 0.278. The molecule has 132 valence electrons. The summed E-state index contributed by atoms with van der Waals surface area (Å²) in [6, 6.07) is 11.7. The van der Waals surface area contributed by atoms with Crippen molar-refractivity contribution in [1.29, 1.82) is 0 Å². The monoisotopic (exact) mass is 344 g/mol. The van der Waals surface area contributed by atoms with Gasteiger partial charge in [-0.3, -0.25) is 14.9 Å². The average Bonchev–Trinajstić information content (AvgIpc) is 2.55. The van der Waals surface area contributed by atoms with Crippen molar-refractivity contribution >= 4 is 17.3 Å². The molecule has 0 saturated carbocycles. The molecule has 0 radical (unpaired) electrons. The molecule has 2 aromatic rings. The van der Waals surface area contributed by atoms with E-state index in [1.54, 1.807) is 7.11 Å². The van der Waals surface area contributed by atoms with Gasteiger partial charge in [0.25, 0.3) is 11.6 Å². The van der Waals surface area contributed by atoms with Crippen molar-refractivity contribution in [1.82, 2.24) is 0 Å². The van der Waals surface area contributed by atoms with Crippen LogP contribution < -0.4 is 15.0 Å². The molecule has 2 N–H and O–H groups in total. The normalized spacial score (nSPS) is 11.6. The first-order chi connectivity index (χ1) is 11.9. The maximum absolute atomic E-state index is 12.2. The van der Waals surface area contributed by atoms with Crippen LogP contribution in [0.25, 0.3) is 0 Å². The largest absolute Gasteiger partial charge is 0.496 e. The molecule has 0 aliphatic carbocycles. The third-order valence-electron chi connectivity index (χ3n) is 3.75. The number of nitrogens with zero attached hydrogens (tertiary/aromatic N) is 1. The predicted molar refractivity (Wildman–Crippen MR) is 94.9 cm³/mol. The summed E-state index contributed by atoms with van der Waals surface area (Å²) in [5.74, 6) is 0.652. The number of nitro groups is 1. The number of anilines is 1. The minimum atomic E-state index is -0.473. The zero-order valence-corrected chi connectivity index (χ0v) is 14.5. The number of methoxy groups -OCH3 is 1. The van der Waals surface area contributed by atoms with Crippen LogP contribution in [0.5, 0.6) is 5.75 Å². The molecule has 1 atom stereocenters. The van der Waals surface area contributed by atoms with Crippen molar-refractivity contribution in [2.24, 2.45) is 0 Å². The fourth-order valence-corrected chi connectivity index (χ4v) is 2.58. The Hall–Kier alpha value is -2.93. The Bertz CT molecular complexity index is 759. The third-order valence-corrected chi connectivity index (χ3v) is 3.75. The van der Waals surface area contributed by atoms with Crippen LogP contribution in [0, 0.1) is 17.0 Å². The number of carbonyl (C=O) groups is 1. The number of aryl methyl sites for hydroxylation is 1. The van der Waals surface area contributed by atoms with Crippen LogP contribution >= 0.6 is 0 Å². The molecule has 25 heavy (non-hydrogen) atoms. The number of hydrogen-bond donors (Lipinski definition) is 2. The summed E-state index contributed by atoms with van der Waals surface area (Å²) < 4.78 is 5.36. The van der Waals surface area contributed by atoms with Gasteiger partial charge in [0.05, 0.1) is 19.1 Å². The molecule has 1 amide bonds. The maximum atomic E-state index is 12.2. The van der Waals surface area contributed by atoms with Crippen LogP contribution in [0.15, 0.2) is 42.5 Å². The van der Waals surface area contributed by atoms with Crippen molar-refractivity contribution in [2.45, 2.75) is 13.5 Å². The molecular weight excluding hydrogens is 322 g/mol. The lowest BCUT2D eigenvalue weighted by molar-refractivity contribution is -0.885. The van der Waals surface area contributed by atoms with Crippen LogP contribution in [0.4, 0.5) is 11.4 Å². The highest BCUT2D eigenvalue weighted by atomic mass is 16.6. The average molecular weight is 344 g/mol. The second-order valence-corrected chi connectivity index (χ2v) is 5.98. The Balaban J connectivity index is 1.94. The van der Waals surface area contributed by atoms with E-state index in [2.05, 4.69) is 11.4 Å². The molecule has 0 heterocycles. The Morgan fingerprint density at radius 2 is 1.92 bits per heavy atom. The predicted octanol–water partition coefficient (Wildman–Crippen LogP) is 1.57. The topological polar surface area (TPSA) is 85.9 Å². The number of likely N-dealkylation sites (N-methyl/N-ethyl adjacent to an activating group) is 1. The van der Waals surface area contributed by atoms with Gasteiger partial charge in [-0.15, -0.1) is 0 Å². The molecule has 0 aromatic heterocycles. The van der Waals surface area contributed by atoms with Crippen molar-refractivity contribution in [3.63, 3.8) is 0 Å². The number of nitrogens with one attached hydrogen (secondary N) is 2. The highest BCUT2D eigenvalue weighted by Gasteiger charge is 2.14. The Labute approximate surface area is 146 Å². The highest BCUT2D eigenvalue weighted by Crippen LogP contribution is 2.18. The molecule has 0 aliphatic heterocycles. The number of non-ortho nitro benzene ring substituents is 1. The van der Waals surface area contributed by atoms with Gasteiger partial charge in [-0.25, -0.2) is 0 Å². The molecule has 1 unspecified atom stereocenters. The van der Waals surface area contributed by atoms with Crippen molar-refractivity contribution < 1.29 is 19.4 Å². The molecule has 0 aliphatic rings. The molecule has 7 heteroatoms. The first-order valence-corrected chi connectivity index (χ1v) is 7.88. The number of quaternary nitrogens is 1. The van der Waals surface area contributed by atoms with E-state index >= 15 is 0 Å². The fourth-order valence-electron chi connectivity index (χ4n) is 2.58. The van der Waals surface area contributed by atoms with E-state index in [0.29, 0.717) is 12.2 Å². The first-order valence-electron chi connectivity index (χ1n) is 7.88. The summed E-state index contributed by atoms with van der Waals surface area (Å²) in [7, 11) is 3.56. The molecular formula is C18H22N3O4+. The van der Waals surface area contributed by atoms with E-state index in [-0.39, 0.29) is 18.1 Å². The third kappa shape index (κ3) is 5.29. The minimum Gasteiger partial charge on any atom is -0.496 e. The van der Waals surface area contributed by atoms with Gasteiger partial charge in [-0.05, 0) is 31.2 Å². The number of nitro benzene ring substituents is 1. The van der Waals surface area contributed by atoms with Crippen molar-refractivity contribution in [3.8, 4) is 5.75 Å². The van der Waals surface area contributed by atoms with Crippen molar-refractivity contribution in [2.75, 3.05) is 26.0 Å². The number of amides is 1. The van der Waals surface area contributed by atoms with Crippen LogP contribution in [0.1, 0.15) is 11.1 Å². The Kier molecular flexibility index (Phi) is 6.08. The highest BCUT2D eigenvalue weighted by molar-refractivity contribution is 5.91. The molecule has 2 aromatic carbocycles. The molecule has 0 spiro atoms. The number of hydrogen-bond acceptors (Lipinski definition) is 4. The SMILES string of the molecule is COc1ccc(C)cc1C[NH+](C)CC(=O)Nc1ccc([N+](=O)[O-])cc1.